The van der Waals surface area contributed by atoms with Crippen molar-refractivity contribution < 1.29 is 18.0 Å². The average Bonchev–Trinajstić information content (AvgIpc) is 2.84. The van der Waals surface area contributed by atoms with Gasteiger partial charge in [-0.05, 0) is 34.7 Å². The van der Waals surface area contributed by atoms with Gasteiger partial charge in [0, 0.05) is 33.2 Å². The minimum absolute atomic E-state index is 0.0361. The lowest BCUT2D eigenvalue weighted by Crippen LogP contribution is -2.57. The van der Waals surface area contributed by atoms with Gasteiger partial charge in [0.25, 0.3) is 0 Å². The summed E-state index contributed by atoms with van der Waals surface area (Å²) in [5, 5.41) is 2.74. The zero-order valence-corrected chi connectivity index (χ0v) is 19.1. The average molecular weight is 468 g/mol. The molecular formula is C27H28F3N3O. The molecule has 0 saturated carbocycles. The van der Waals surface area contributed by atoms with Gasteiger partial charge >= 0.3 is 12.2 Å². The zero-order chi connectivity index (χ0) is 24.1. The number of nitrogens with one attached hydrogen (secondary N) is 1. The molecule has 0 aromatic heterocycles. The second-order valence-electron chi connectivity index (χ2n) is 8.57. The molecule has 1 unspecified atom stereocenters. The van der Waals surface area contributed by atoms with Gasteiger partial charge in [-0.2, -0.15) is 13.2 Å². The molecule has 0 bridgehead atoms. The fourth-order valence-electron chi connectivity index (χ4n) is 4.57. The highest BCUT2D eigenvalue weighted by Gasteiger charge is 2.33. The molecule has 1 saturated heterocycles. The maximum absolute atomic E-state index is 13.4. The predicted molar refractivity (Wildman–Crippen MR) is 127 cm³/mol. The minimum atomic E-state index is -4.40. The van der Waals surface area contributed by atoms with E-state index < -0.39 is 11.7 Å². The lowest BCUT2D eigenvalue weighted by Gasteiger charge is -2.41. The van der Waals surface area contributed by atoms with Gasteiger partial charge < -0.3 is 10.2 Å². The van der Waals surface area contributed by atoms with Crippen LogP contribution < -0.4 is 5.32 Å². The molecule has 4 rings (SSSR count). The van der Waals surface area contributed by atoms with Crippen molar-refractivity contribution in [1.82, 2.24) is 15.1 Å². The minimum Gasteiger partial charge on any atom is -0.341 e. The summed E-state index contributed by atoms with van der Waals surface area (Å²) in [5.41, 5.74) is 2.31. The SMILES string of the molecule is CNC(=O)N1CCN(Cc2ccc(-c3ccccc3C(F)(F)F)cc2)CC1Cc1ccccc1. The number of carbonyl (C=O) groups is 1. The molecular weight excluding hydrogens is 439 g/mol. The summed E-state index contributed by atoms with van der Waals surface area (Å²) in [5.74, 6) is 0. The van der Waals surface area contributed by atoms with Crippen molar-refractivity contribution in [2.45, 2.75) is 25.2 Å². The van der Waals surface area contributed by atoms with Crippen LogP contribution in [0.3, 0.4) is 0 Å². The molecule has 1 aliphatic heterocycles. The largest absolute Gasteiger partial charge is 0.417 e. The highest BCUT2D eigenvalue weighted by Crippen LogP contribution is 2.37. The first-order valence-corrected chi connectivity index (χ1v) is 11.4. The van der Waals surface area contributed by atoms with E-state index in [9.17, 15) is 18.0 Å². The van der Waals surface area contributed by atoms with Crippen LogP contribution in [0.4, 0.5) is 18.0 Å². The molecule has 178 valence electrons. The normalized spacial score (nSPS) is 16.9. The smallest absolute Gasteiger partial charge is 0.341 e. The number of nitrogens with zero attached hydrogens (tertiary/aromatic N) is 2. The Hall–Kier alpha value is -3.32. The van der Waals surface area contributed by atoms with Crippen LogP contribution in [0.25, 0.3) is 11.1 Å². The third-order valence-electron chi connectivity index (χ3n) is 6.26. The molecule has 1 atom stereocenters. The van der Waals surface area contributed by atoms with Crippen molar-refractivity contribution >= 4 is 6.03 Å². The number of rotatable bonds is 5. The third kappa shape index (κ3) is 5.59. The number of amides is 2. The molecule has 1 aliphatic rings. The number of alkyl halides is 3. The summed E-state index contributed by atoms with van der Waals surface area (Å²) in [6, 6.07) is 23.0. The molecule has 1 N–H and O–H groups in total. The van der Waals surface area contributed by atoms with Crippen LogP contribution in [0.5, 0.6) is 0 Å². The topological polar surface area (TPSA) is 35.6 Å². The molecule has 1 fully saturated rings. The van der Waals surface area contributed by atoms with Crippen LogP contribution in [-0.4, -0.2) is 48.6 Å². The Labute approximate surface area is 198 Å². The first-order valence-electron chi connectivity index (χ1n) is 11.4. The van der Waals surface area contributed by atoms with E-state index in [0.717, 1.165) is 31.1 Å². The summed E-state index contributed by atoms with van der Waals surface area (Å²) >= 11 is 0. The Balaban J connectivity index is 1.47. The van der Waals surface area contributed by atoms with Gasteiger partial charge in [-0.25, -0.2) is 4.79 Å². The monoisotopic (exact) mass is 467 g/mol. The molecule has 0 aliphatic carbocycles. The van der Waals surface area contributed by atoms with E-state index in [1.165, 1.54) is 17.7 Å². The van der Waals surface area contributed by atoms with Crippen molar-refractivity contribution in [2.24, 2.45) is 0 Å². The quantitative estimate of drug-likeness (QED) is 0.542. The maximum atomic E-state index is 13.4. The van der Waals surface area contributed by atoms with Crippen LogP contribution in [0.1, 0.15) is 16.7 Å². The van der Waals surface area contributed by atoms with Crippen LogP contribution in [0.15, 0.2) is 78.9 Å². The second-order valence-corrected chi connectivity index (χ2v) is 8.57. The lowest BCUT2D eigenvalue weighted by atomic mass is 9.98. The van der Waals surface area contributed by atoms with E-state index >= 15 is 0 Å². The summed E-state index contributed by atoms with van der Waals surface area (Å²) in [7, 11) is 1.65. The number of hydrogen-bond acceptors (Lipinski definition) is 2. The van der Waals surface area contributed by atoms with Gasteiger partial charge in [-0.15, -0.1) is 0 Å². The molecule has 34 heavy (non-hydrogen) atoms. The number of urea groups is 1. The molecule has 3 aromatic carbocycles. The van der Waals surface area contributed by atoms with Crippen molar-refractivity contribution in [3.63, 3.8) is 0 Å². The Bertz CT molecular complexity index is 1100. The van der Waals surface area contributed by atoms with Crippen LogP contribution in [-0.2, 0) is 19.1 Å². The summed E-state index contributed by atoms with van der Waals surface area (Å²) in [6.07, 6.45) is -3.63. The molecule has 7 heteroatoms. The van der Waals surface area contributed by atoms with Gasteiger partial charge in [-0.1, -0.05) is 72.8 Å². The highest BCUT2D eigenvalue weighted by atomic mass is 19.4. The molecule has 1 heterocycles. The third-order valence-corrected chi connectivity index (χ3v) is 6.26. The van der Waals surface area contributed by atoms with Gasteiger partial charge in [0.05, 0.1) is 11.6 Å². The predicted octanol–water partition coefficient (Wildman–Crippen LogP) is 5.44. The Kier molecular flexibility index (Phi) is 7.22. The second kappa shape index (κ2) is 10.3. The Morgan fingerprint density at radius 1 is 0.912 bits per heavy atom. The summed E-state index contributed by atoms with van der Waals surface area (Å²) in [6.45, 7) is 2.75. The van der Waals surface area contributed by atoms with E-state index in [1.807, 2.05) is 35.2 Å². The molecule has 2 amide bonds. The van der Waals surface area contributed by atoms with E-state index in [0.29, 0.717) is 18.7 Å². The van der Waals surface area contributed by atoms with Crippen molar-refractivity contribution in [3.8, 4) is 11.1 Å². The van der Waals surface area contributed by atoms with E-state index in [4.69, 9.17) is 0 Å². The Morgan fingerprint density at radius 2 is 1.59 bits per heavy atom. The fourth-order valence-corrected chi connectivity index (χ4v) is 4.57. The van der Waals surface area contributed by atoms with Crippen molar-refractivity contribution in [1.29, 1.82) is 0 Å². The van der Waals surface area contributed by atoms with Crippen LogP contribution in [0, 0.1) is 0 Å². The molecule has 3 aromatic rings. The summed E-state index contributed by atoms with van der Waals surface area (Å²) in [4.78, 5) is 16.6. The molecule has 0 radical (unpaired) electrons. The van der Waals surface area contributed by atoms with Gasteiger partial charge in [0.1, 0.15) is 0 Å². The number of carbonyl (C=O) groups excluding carboxylic acids is 1. The van der Waals surface area contributed by atoms with E-state index in [1.54, 1.807) is 25.2 Å². The molecule has 0 spiro atoms. The van der Waals surface area contributed by atoms with Gasteiger partial charge in [0.15, 0.2) is 0 Å². The maximum Gasteiger partial charge on any atom is 0.417 e. The Morgan fingerprint density at radius 3 is 2.26 bits per heavy atom. The number of piperazine rings is 1. The first-order chi connectivity index (χ1) is 16.3. The van der Waals surface area contributed by atoms with Crippen LogP contribution in [0.2, 0.25) is 0 Å². The van der Waals surface area contributed by atoms with Crippen molar-refractivity contribution in [2.75, 3.05) is 26.7 Å². The van der Waals surface area contributed by atoms with Gasteiger partial charge in [0.2, 0.25) is 0 Å². The standard InChI is InChI=1S/C27H28F3N3O/c1-31-26(34)33-16-15-32(19-23(33)17-20-7-3-2-4-8-20)18-21-11-13-22(14-12-21)24-9-5-6-10-25(24)27(28,29)30/h2-14,23H,15-19H2,1H3,(H,31,34). The molecule has 4 nitrogen and oxygen atoms in total. The lowest BCUT2D eigenvalue weighted by molar-refractivity contribution is -0.137. The fraction of sp³-hybridized carbons (Fsp3) is 0.296. The van der Waals surface area contributed by atoms with E-state index in [-0.39, 0.29) is 17.6 Å². The number of benzene rings is 3. The highest BCUT2D eigenvalue weighted by molar-refractivity contribution is 5.74. The van der Waals surface area contributed by atoms with Crippen LogP contribution >= 0.6 is 0 Å². The summed E-state index contributed by atoms with van der Waals surface area (Å²) < 4.78 is 40.2. The van der Waals surface area contributed by atoms with Crippen molar-refractivity contribution in [3.05, 3.63) is 95.6 Å². The van der Waals surface area contributed by atoms with E-state index in [2.05, 4.69) is 22.3 Å². The first kappa shape index (κ1) is 23.8. The zero-order valence-electron chi connectivity index (χ0n) is 19.1. The number of hydrogen-bond donors (Lipinski definition) is 1. The number of halogens is 3. The van der Waals surface area contributed by atoms with Gasteiger partial charge in [-0.3, -0.25) is 4.90 Å².